The van der Waals surface area contributed by atoms with Crippen molar-refractivity contribution in [3.05, 3.63) is 12.2 Å². The Bertz CT molecular complexity index is 281. The van der Waals surface area contributed by atoms with E-state index in [2.05, 4.69) is 4.74 Å². The number of carbonyl (C=O) groups excluding carboxylic acids is 2. The molecule has 4 atom stereocenters. The first-order valence-electron chi connectivity index (χ1n) is 3.87. The number of hydrogen-bond donors (Lipinski definition) is 0. The number of rotatable bonds is 0. The molecular weight excluding hydrogens is 176 g/mol. The molecule has 0 spiro atoms. The van der Waals surface area contributed by atoms with Crippen LogP contribution in [0.25, 0.3) is 0 Å². The highest BCUT2D eigenvalue weighted by atomic mass is 32.2. The SMILES string of the molecule is O=C1OC(=O)C2C1[C@@H]1C=C[C@H]2S1. The van der Waals surface area contributed by atoms with Crippen molar-refractivity contribution < 1.29 is 14.3 Å². The van der Waals surface area contributed by atoms with E-state index >= 15 is 0 Å². The molecule has 3 nitrogen and oxygen atoms in total. The highest BCUT2D eigenvalue weighted by Gasteiger charge is 2.58. The van der Waals surface area contributed by atoms with Gasteiger partial charge in [-0.15, -0.1) is 11.8 Å². The molecule has 0 saturated carbocycles. The molecular formula is C8H6O3S. The maximum absolute atomic E-state index is 11.2. The molecule has 0 N–H and O–H groups in total. The Hall–Kier alpha value is -0.770. The lowest BCUT2D eigenvalue weighted by molar-refractivity contribution is -0.153. The minimum atomic E-state index is -0.325. The van der Waals surface area contributed by atoms with E-state index in [4.69, 9.17) is 0 Å². The summed E-state index contributed by atoms with van der Waals surface area (Å²) in [5.74, 6) is -1.02. The third kappa shape index (κ3) is 0.602. The minimum Gasteiger partial charge on any atom is -0.393 e. The lowest BCUT2D eigenvalue weighted by atomic mass is 9.85. The van der Waals surface area contributed by atoms with Gasteiger partial charge in [-0.2, -0.15) is 0 Å². The van der Waals surface area contributed by atoms with Crippen molar-refractivity contribution in [2.45, 2.75) is 10.5 Å². The molecule has 0 radical (unpaired) electrons. The average molecular weight is 182 g/mol. The maximum atomic E-state index is 11.2. The fourth-order valence-electron chi connectivity index (χ4n) is 2.11. The monoisotopic (exact) mass is 182 g/mol. The normalized spacial score (nSPS) is 48.3. The van der Waals surface area contributed by atoms with E-state index in [0.29, 0.717) is 0 Å². The number of carbonyl (C=O) groups is 2. The zero-order valence-electron chi connectivity index (χ0n) is 6.10. The van der Waals surface area contributed by atoms with Crippen LogP contribution in [-0.2, 0) is 14.3 Å². The summed E-state index contributed by atoms with van der Waals surface area (Å²) in [4.78, 5) is 22.3. The highest BCUT2D eigenvalue weighted by Crippen LogP contribution is 2.52. The Balaban J connectivity index is 2.08. The Morgan fingerprint density at radius 2 is 1.58 bits per heavy atom. The lowest BCUT2D eigenvalue weighted by Crippen LogP contribution is -2.26. The van der Waals surface area contributed by atoms with Crippen LogP contribution in [0.4, 0.5) is 0 Å². The molecule has 0 aromatic heterocycles. The van der Waals surface area contributed by atoms with Gasteiger partial charge in [0.25, 0.3) is 0 Å². The third-order valence-corrected chi connectivity index (χ3v) is 4.17. The summed E-state index contributed by atoms with van der Waals surface area (Å²) >= 11 is 1.70. The number of cyclic esters (lactones) is 2. The maximum Gasteiger partial charge on any atom is 0.318 e. The van der Waals surface area contributed by atoms with Gasteiger partial charge in [0, 0.05) is 10.5 Å². The van der Waals surface area contributed by atoms with E-state index in [1.54, 1.807) is 11.8 Å². The Morgan fingerprint density at radius 3 is 2.08 bits per heavy atom. The summed E-state index contributed by atoms with van der Waals surface area (Å²) in [7, 11) is 0. The summed E-state index contributed by atoms with van der Waals surface area (Å²) in [6.07, 6.45) is 4.02. The van der Waals surface area contributed by atoms with Crippen molar-refractivity contribution in [2.75, 3.05) is 0 Å². The third-order valence-electron chi connectivity index (χ3n) is 2.65. The van der Waals surface area contributed by atoms with E-state index < -0.39 is 0 Å². The highest BCUT2D eigenvalue weighted by molar-refractivity contribution is 8.01. The molecule has 0 aromatic rings. The number of ether oxygens (including phenoxy) is 1. The molecule has 0 aromatic carbocycles. The van der Waals surface area contributed by atoms with Crippen molar-refractivity contribution >= 4 is 23.7 Å². The van der Waals surface area contributed by atoms with Crippen LogP contribution in [0.15, 0.2) is 12.2 Å². The Kier molecular flexibility index (Phi) is 1.08. The van der Waals surface area contributed by atoms with Gasteiger partial charge in [0.1, 0.15) is 0 Å². The molecule has 4 heteroatoms. The molecule has 2 fully saturated rings. The van der Waals surface area contributed by atoms with Crippen molar-refractivity contribution in [3.63, 3.8) is 0 Å². The van der Waals surface area contributed by atoms with Crippen molar-refractivity contribution in [3.8, 4) is 0 Å². The van der Waals surface area contributed by atoms with Crippen LogP contribution in [-0.4, -0.2) is 22.4 Å². The van der Waals surface area contributed by atoms with Gasteiger partial charge in [-0.3, -0.25) is 9.59 Å². The second kappa shape index (κ2) is 1.93. The van der Waals surface area contributed by atoms with Crippen LogP contribution < -0.4 is 0 Å². The Labute approximate surface area is 73.1 Å². The first kappa shape index (κ1) is 6.71. The molecule has 3 aliphatic heterocycles. The molecule has 12 heavy (non-hydrogen) atoms. The number of hydrogen-bond acceptors (Lipinski definition) is 4. The van der Waals surface area contributed by atoms with E-state index in [0.717, 1.165) is 0 Å². The van der Waals surface area contributed by atoms with Gasteiger partial charge in [-0.05, 0) is 0 Å². The average Bonchev–Trinajstić information content (AvgIpc) is 2.64. The van der Waals surface area contributed by atoms with Gasteiger partial charge in [0.05, 0.1) is 11.8 Å². The van der Waals surface area contributed by atoms with E-state index in [1.165, 1.54) is 0 Å². The molecule has 3 heterocycles. The zero-order valence-corrected chi connectivity index (χ0v) is 6.91. The predicted octanol–water partition coefficient (Wildman–Crippen LogP) is 0.356. The molecule has 3 rings (SSSR count). The summed E-state index contributed by atoms with van der Waals surface area (Å²) in [6, 6.07) is 0. The van der Waals surface area contributed by atoms with E-state index in [-0.39, 0.29) is 34.3 Å². The standard InChI is InChI=1S/C8H6O3S/c9-7-5-3-1-2-4(12-3)6(5)8(10)11-7/h1-6H/t3-,4+,5?,6?. The smallest absolute Gasteiger partial charge is 0.318 e. The fourth-order valence-corrected chi connectivity index (χ4v) is 3.73. The molecule has 2 bridgehead atoms. The summed E-state index contributed by atoms with van der Waals surface area (Å²) in [5, 5.41) is 0.387. The van der Waals surface area contributed by atoms with Gasteiger partial charge >= 0.3 is 11.9 Å². The number of thioether (sulfide) groups is 1. The van der Waals surface area contributed by atoms with Crippen LogP contribution in [0.1, 0.15) is 0 Å². The van der Waals surface area contributed by atoms with Crippen LogP contribution in [0.2, 0.25) is 0 Å². The first-order valence-corrected chi connectivity index (χ1v) is 4.81. The van der Waals surface area contributed by atoms with Crippen LogP contribution in [0.5, 0.6) is 0 Å². The quantitative estimate of drug-likeness (QED) is 0.308. The second-order valence-electron chi connectivity index (χ2n) is 3.24. The zero-order chi connectivity index (χ0) is 8.29. The second-order valence-corrected chi connectivity index (χ2v) is 4.60. The topological polar surface area (TPSA) is 43.4 Å². The van der Waals surface area contributed by atoms with Gasteiger partial charge in [0.2, 0.25) is 0 Å². The predicted molar refractivity (Wildman–Crippen MR) is 42.4 cm³/mol. The van der Waals surface area contributed by atoms with Gasteiger partial charge < -0.3 is 4.74 Å². The van der Waals surface area contributed by atoms with Crippen LogP contribution in [0.3, 0.4) is 0 Å². The first-order chi connectivity index (χ1) is 5.77. The van der Waals surface area contributed by atoms with Crippen LogP contribution >= 0.6 is 11.8 Å². The summed E-state index contributed by atoms with van der Waals surface area (Å²) < 4.78 is 4.58. The van der Waals surface area contributed by atoms with Gasteiger partial charge in [0.15, 0.2) is 0 Å². The molecule has 2 saturated heterocycles. The lowest BCUT2D eigenvalue weighted by Gasteiger charge is -2.10. The van der Waals surface area contributed by atoms with Gasteiger partial charge in [-0.25, -0.2) is 0 Å². The van der Waals surface area contributed by atoms with Crippen molar-refractivity contribution in [2.24, 2.45) is 11.8 Å². The van der Waals surface area contributed by atoms with Crippen LogP contribution in [0, 0.1) is 11.8 Å². The minimum absolute atomic E-state index is 0.183. The van der Waals surface area contributed by atoms with Crippen molar-refractivity contribution in [1.82, 2.24) is 0 Å². The van der Waals surface area contributed by atoms with E-state index in [9.17, 15) is 9.59 Å². The molecule has 0 amide bonds. The summed E-state index contributed by atoms with van der Waals surface area (Å²) in [5.41, 5.74) is 0. The molecule has 3 aliphatic rings. The van der Waals surface area contributed by atoms with Gasteiger partial charge in [-0.1, -0.05) is 12.2 Å². The molecule has 62 valence electrons. The number of esters is 2. The summed E-state index contributed by atoms with van der Waals surface area (Å²) in [6.45, 7) is 0. The molecule has 2 unspecified atom stereocenters. The molecule has 0 aliphatic carbocycles. The number of fused-ring (bicyclic) bond motifs is 5. The Morgan fingerprint density at radius 1 is 1.08 bits per heavy atom. The largest absolute Gasteiger partial charge is 0.393 e. The van der Waals surface area contributed by atoms with Crippen molar-refractivity contribution in [1.29, 1.82) is 0 Å². The van der Waals surface area contributed by atoms with E-state index in [1.807, 2.05) is 12.2 Å². The fraction of sp³-hybridized carbons (Fsp3) is 0.500.